The molecule has 0 radical (unpaired) electrons. The van der Waals surface area contributed by atoms with Crippen molar-refractivity contribution in [3.05, 3.63) is 0 Å². The summed E-state index contributed by atoms with van der Waals surface area (Å²) in [6.07, 6.45) is 17.0. The van der Waals surface area contributed by atoms with Crippen LogP contribution < -0.4 is 0 Å². The summed E-state index contributed by atoms with van der Waals surface area (Å²) >= 11 is 0. The van der Waals surface area contributed by atoms with Crippen LogP contribution in [0.15, 0.2) is 0 Å². The number of unbranched alkanes of at least 4 members (excludes halogenated alkanes) is 11. The lowest BCUT2D eigenvalue weighted by molar-refractivity contribution is -0.171. The molecule has 1 heterocycles. The first kappa shape index (κ1) is 26.4. The fourth-order valence-corrected chi connectivity index (χ4v) is 3.73. The van der Waals surface area contributed by atoms with Crippen LogP contribution in [-0.2, 0) is 23.7 Å². The average molecular weight is 415 g/mol. The van der Waals surface area contributed by atoms with E-state index < -0.39 is 5.79 Å². The van der Waals surface area contributed by atoms with Gasteiger partial charge in [-0.1, -0.05) is 77.6 Å². The number of ether oxygens (including phenoxy) is 4. The summed E-state index contributed by atoms with van der Waals surface area (Å²) in [4.78, 5) is 11.5. The van der Waals surface area contributed by atoms with Gasteiger partial charge in [-0.05, 0) is 20.3 Å². The molecule has 2 unspecified atom stereocenters. The van der Waals surface area contributed by atoms with E-state index in [1.54, 1.807) is 0 Å². The van der Waals surface area contributed by atoms with Gasteiger partial charge in [0, 0.05) is 13.0 Å². The lowest BCUT2D eigenvalue weighted by Gasteiger charge is -2.22. The zero-order chi connectivity index (χ0) is 21.2. The van der Waals surface area contributed by atoms with Gasteiger partial charge in [-0.2, -0.15) is 0 Å². The van der Waals surface area contributed by atoms with E-state index in [0.29, 0.717) is 32.7 Å². The van der Waals surface area contributed by atoms with Gasteiger partial charge in [-0.3, -0.25) is 4.79 Å². The fraction of sp³-hybridized carbons (Fsp3) is 0.958. The van der Waals surface area contributed by atoms with E-state index in [9.17, 15) is 4.79 Å². The molecule has 0 bridgehead atoms. The van der Waals surface area contributed by atoms with E-state index in [4.69, 9.17) is 18.9 Å². The molecule has 0 amide bonds. The predicted octanol–water partition coefficient (Wildman–Crippen LogP) is 6.18. The van der Waals surface area contributed by atoms with Crippen LogP contribution in [0.2, 0.25) is 0 Å². The third-order valence-electron chi connectivity index (χ3n) is 5.53. The molecular weight excluding hydrogens is 368 g/mol. The first-order valence-electron chi connectivity index (χ1n) is 12.1. The Morgan fingerprint density at radius 1 is 0.931 bits per heavy atom. The minimum absolute atomic E-state index is 0.0421. The Morgan fingerprint density at radius 3 is 2.10 bits per heavy atom. The van der Waals surface area contributed by atoms with Crippen LogP contribution in [0.25, 0.3) is 0 Å². The first-order chi connectivity index (χ1) is 14.1. The Hall–Kier alpha value is -0.650. The van der Waals surface area contributed by atoms with Gasteiger partial charge in [-0.15, -0.1) is 0 Å². The van der Waals surface area contributed by atoms with Gasteiger partial charge in [0.1, 0.15) is 6.10 Å². The maximum absolute atomic E-state index is 11.5. The average Bonchev–Trinajstić information content (AvgIpc) is 3.08. The lowest BCUT2D eigenvalue weighted by Crippen LogP contribution is -2.29. The van der Waals surface area contributed by atoms with Crippen LogP contribution >= 0.6 is 0 Å². The molecule has 0 N–H and O–H groups in total. The van der Waals surface area contributed by atoms with E-state index >= 15 is 0 Å². The minimum atomic E-state index is -0.698. The van der Waals surface area contributed by atoms with Crippen molar-refractivity contribution in [1.82, 2.24) is 0 Å². The van der Waals surface area contributed by atoms with Crippen molar-refractivity contribution < 1.29 is 23.7 Å². The van der Waals surface area contributed by atoms with E-state index in [2.05, 4.69) is 6.92 Å². The molecule has 1 aliphatic heterocycles. The first-order valence-corrected chi connectivity index (χ1v) is 12.1. The van der Waals surface area contributed by atoms with Crippen molar-refractivity contribution in [2.75, 3.05) is 26.4 Å². The number of esters is 1. The van der Waals surface area contributed by atoms with E-state index in [-0.39, 0.29) is 12.1 Å². The van der Waals surface area contributed by atoms with E-state index in [1.165, 1.54) is 70.6 Å². The summed E-state index contributed by atoms with van der Waals surface area (Å²) in [5, 5.41) is 0. The Bertz CT molecular complexity index is 401. The van der Waals surface area contributed by atoms with Crippen molar-refractivity contribution >= 4 is 5.97 Å². The molecule has 2 atom stereocenters. The molecule has 29 heavy (non-hydrogen) atoms. The quantitative estimate of drug-likeness (QED) is 0.187. The minimum Gasteiger partial charge on any atom is -0.466 e. The van der Waals surface area contributed by atoms with Gasteiger partial charge in [0.25, 0.3) is 0 Å². The second-order valence-corrected chi connectivity index (χ2v) is 8.45. The summed E-state index contributed by atoms with van der Waals surface area (Å²) in [7, 11) is 0. The molecule has 0 aromatic heterocycles. The monoisotopic (exact) mass is 414 g/mol. The van der Waals surface area contributed by atoms with Crippen LogP contribution in [0.1, 0.15) is 111 Å². The van der Waals surface area contributed by atoms with Gasteiger partial charge in [0.2, 0.25) is 0 Å². The van der Waals surface area contributed by atoms with Gasteiger partial charge in [-0.25, -0.2) is 0 Å². The number of rotatable bonds is 19. The second kappa shape index (κ2) is 17.1. The molecule has 0 aromatic carbocycles. The summed E-state index contributed by atoms with van der Waals surface area (Å²) in [5.74, 6) is -0.899. The number of hydrogen-bond acceptors (Lipinski definition) is 5. The highest BCUT2D eigenvalue weighted by atomic mass is 16.7. The predicted molar refractivity (Wildman–Crippen MR) is 117 cm³/mol. The maximum atomic E-state index is 11.5. The maximum Gasteiger partial charge on any atom is 0.305 e. The van der Waals surface area contributed by atoms with Crippen molar-refractivity contribution in [1.29, 1.82) is 0 Å². The molecule has 0 aliphatic carbocycles. The molecule has 1 fully saturated rings. The van der Waals surface area contributed by atoms with Crippen LogP contribution in [0.5, 0.6) is 0 Å². The summed E-state index contributed by atoms with van der Waals surface area (Å²) in [5.41, 5.74) is 0. The number of hydrogen-bond donors (Lipinski definition) is 0. The fourth-order valence-electron chi connectivity index (χ4n) is 3.73. The molecule has 5 heteroatoms. The number of carbonyl (C=O) groups excluding carboxylic acids is 1. The second-order valence-electron chi connectivity index (χ2n) is 8.45. The van der Waals surface area contributed by atoms with Gasteiger partial charge < -0.3 is 18.9 Å². The normalized spacial score (nSPS) is 21.6. The zero-order valence-electron chi connectivity index (χ0n) is 19.3. The van der Waals surface area contributed by atoms with Crippen LogP contribution in [-0.4, -0.2) is 44.3 Å². The van der Waals surface area contributed by atoms with Crippen LogP contribution in [0.3, 0.4) is 0 Å². The Morgan fingerprint density at radius 2 is 1.52 bits per heavy atom. The molecule has 1 saturated heterocycles. The van der Waals surface area contributed by atoms with Crippen molar-refractivity contribution in [2.45, 2.75) is 123 Å². The molecule has 1 aliphatic rings. The van der Waals surface area contributed by atoms with Crippen molar-refractivity contribution in [3.63, 3.8) is 0 Å². The Kier molecular flexibility index (Phi) is 15.5. The number of carbonyl (C=O) groups is 1. The van der Waals surface area contributed by atoms with Crippen LogP contribution in [0, 0.1) is 0 Å². The van der Waals surface area contributed by atoms with Gasteiger partial charge in [0.15, 0.2) is 5.79 Å². The lowest BCUT2D eigenvalue weighted by atomic mass is 10.1. The summed E-state index contributed by atoms with van der Waals surface area (Å²) in [6, 6.07) is 0. The molecule has 1 rings (SSSR count). The highest BCUT2D eigenvalue weighted by Crippen LogP contribution is 2.28. The molecule has 0 spiro atoms. The van der Waals surface area contributed by atoms with Crippen molar-refractivity contribution in [2.24, 2.45) is 0 Å². The molecule has 0 saturated carbocycles. The zero-order valence-corrected chi connectivity index (χ0v) is 19.3. The highest BCUT2D eigenvalue weighted by molar-refractivity contribution is 5.69. The van der Waals surface area contributed by atoms with E-state index in [0.717, 1.165) is 13.0 Å². The third-order valence-corrected chi connectivity index (χ3v) is 5.53. The highest BCUT2D eigenvalue weighted by Gasteiger charge is 2.37. The smallest absolute Gasteiger partial charge is 0.305 e. The summed E-state index contributed by atoms with van der Waals surface area (Å²) in [6.45, 7) is 8.26. The third kappa shape index (κ3) is 14.1. The van der Waals surface area contributed by atoms with Gasteiger partial charge >= 0.3 is 5.97 Å². The standard InChI is InChI=1S/C24H46O5/c1-4-6-7-8-9-10-11-12-13-14-15-16-19-26-20-22-21-28-24(3,29-22)18-17-23(25)27-5-2/h22H,4-21H2,1-3H3. The van der Waals surface area contributed by atoms with Crippen LogP contribution in [0.4, 0.5) is 0 Å². The molecule has 0 aromatic rings. The summed E-state index contributed by atoms with van der Waals surface area (Å²) < 4.78 is 22.4. The topological polar surface area (TPSA) is 54.0 Å². The molecular formula is C24H46O5. The molecule has 5 nitrogen and oxygen atoms in total. The Balaban J connectivity index is 1.88. The SMILES string of the molecule is CCCCCCCCCCCCCCOCC1COC(C)(CCC(=O)OCC)O1. The Labute approximate surface area is 179 Å². The molecule has 172 valence electrons. The largest absolute Gasteiger partial charge is 0.466 e. The van der Waals surface area contributed by atoms with Crippen molar-refractivity contribution in [3.8, 4) is 0 Å². The van der Waals surface area contributed by atoms with E-state index in [1.807, 2.05) is 13.8 Å². The van der Waals surface area contributed by atoms with Gasteiger partial charge in [0.05, 0.1) is 26.2 Å².